The quantitative estimate of drug-likeness (QED) is 0.0322. The number of fused-ring (bicyclic) bond motifs is 1. The molecule has 4 aliphatic heterocycles. The molecule has 0 spiro atoms. The average molecular weight is 1180 g/mol. The van der Waals surface area contributed by atoms with E-state index in [2.05, 4.69) is 24.9 Å². The third-order valence-corrected chi connectivity index (χ3v) is 15.4. The van der Waals surface area contributed by atoms with E-state index in [0.29, 0.717) is 4.57 Å². The van der Waals surface area contributed by atoms with Gasteiger partial charge in [-0.2, -0.15) is 9.97 Å². The highest BCUT2D eigenvalue weighted by Gasteiger charge is 2.55. The van der Waals surface area contributed by atoms with Crippen LogP contribution >= 0.6 is 23.5 Å². The smallest absolute Gasteiger partial charge is 0.394 e. The number of phosphoric acid groups is 3. The molecule has 0 saturated carbocycles. The Morgan fingerprint density at radius 3 is 1.48 bits per heavy atom. The maximum atomic E-state index is 13.9. The predicted octanol–water partition coefficient (Wildman–Crippen LogP) is -6.47. The Kier molecular flexibility index (Phi) is 16.7. The maximum absolute atomic E-state index is 13.9. The zero-order chi connectivity index (χ0) is 57.0. The molecule has 0 aromatic carbocycles. The van der Waals surface area contributed by atoms with Crippen molar-refractivity contribution in [2.45, 2.75) is 98.2 Å². The number of nitrogen functional groups attached to an aromatic ring is 3. The highest BCUT2D eigenvalue weighted by Crippen LogP contribution is 2.54. The number of anilines is 3. The van der Waals surface area contributed by atoms with Gasteiger partial charge in [-0.1, -0.05) is 0 Å². The molecule has 9 heterocycles. The molecule has 0 aliphatic carbocycles. The summed E-state index contributed by atoms with van der Waals surface area (Å²) in [6.45, 7) is -4.45. The number of aromatic amines is 1. The van der Waals surface area contributed by atoms with Crippen LogP contribution in [0.3, 0.4) is 0 Å². The largest absolute Gasteiger partial charge is 0.472 e. The molecule has 0 radical (unpaired) electrons. The second-order valence-corrected chi connectivity index (χ2v) is 21.8. The molecular formula is C37H48N13O26P3. The Morgan fingerprint density at radius 1 is 0.557 bits per heavy atom. The molecule has 9 rings (SSSR count). The zero-order valence-corrected chi connectivity index (χ0v) is 42.4. The van der Waals surface area contributed by atoms with Crippen LogP contribution in [0.5, 0.6) is 0 Å². The van der Waals surface area contributed by atoms with Crippen molar-refractivity contribution in [2.24, 2.45) is 0 Å². The molecule has 16 N–H and O–H groups in total. The van der Waals surface area contributed by atoms with Gasteiger partial charge in [-0.05, 0) is 12.1 Å². The molecule has 0 amide bonds. The van der Waals surface area contributed by atoms with Gasteiger partial charge in [0.05, 0.1) is 32.8 Å². The third kappa shape index (κ3) is 12.2. The first-order valence-electron chi connectivity index (χ1n) is 22.8. The molecule has 3 unspecified atom stereocenters. The SMILES string of the molecule is Nc1ccn([C@@H]2O[C@H](COP(=O)(O)O[C@H]3[C@@H](O)[C@H](n4ccc(=O)[nH]c4=O)O[C@@H]3COP(=O)(O)O[C@H]3[C@@H](O)[C@H](n4cnc5c(N)ncnc54)O[C@@H]3COP(=O)(O)O[C@H]3[C@@H](O)[C@H](n4ccc(N)nc4=O)O[C@@H]3CO)[C@@H](O)[C@H]2O)c(=O)n1. The van der Waals surface area contributed by atoms with Crippen LogP contribution in [0.25, 0.3) is 11.2 Å². The van der Waals surface area contributed by atoms with E-state index in [1.54, 1.807) is 0 Å². The number of hydrogen-bond donors (Lipinski definition) is 13. The molecule has 42 heteroatoms. The number of aliphatic hydroxyl groups is 6. The van der Waals surface area contributed by atoms with Crippen molar-refractivity contribution >= 4 is 52.1 Å². The number of imidazole rings is 1. The number of aliphatic hydroxyl groups excluding tert-OH is 6. The maximum Gasteiger partial charge on any atom is 0.472 e. The summed E-state index contributed by atoms with van der Waals surface area (Å²) >= 11 is 0. The van der Waals surface area contributed by atoms with Crippen molar-refractivity contribution in [3.8, 4) is 0 Å². The minimum absolute atomic E-state index is 0.0104. The van der Waals surface area contributed by atoms with Gasteiger partial charge in [-0.15, -0.1) is 0 Å². The van der Waals surface area contributed by atoms with Gasteiger partial charge < -0.3 is 81.5 Å². The number of rotatable bonds is 20. The van der Waals surface area contributed by atoms with E-state index in [4.69, 9.17) is 63.3 Å². The lowest BCUT2D eigenvalue weighted by Gasteiger charge is -2.26. The summed E-state index contributed by atoms with van der Waals surface area (Å²) in [5, 5.41) is 65.5. The number of aromatic nitrogens is 10. The van der Waals surface area contributed by atoms with Crippen molar-refractivity contribution in [3.63, 3.8) is 0 Å². The Morgan fingerprint density at radius 2 is 0.987 bits per heavy atom. The van der Waals surface area contributed by atoms with E-state index < -0.39 is 171 Å². The van der Waals surface area contributed by atoms with Gasteiger partial charge in [0.1, 0.15) is 96.7 Å². The lowest BCUT2D eigenvalue weighted by Crippen LogP contribution is -2.39. The molecule has 4 aliphatic rings. The summed E-state index contributed by atoms with van der Waals surface area (Å²) in [4.78, 5) is 104. The second kappa shape index (κ2) is 22.7. The van der Waals surface area contributed by atoms with Crippen molar-refractivity contribution in [2.75, 3.05) is 43.6 Å². The topological polar surface area (TPSA) is 572 Å². The first-order valence-corrected chi connectivity index (χ1v) is 27.3. The summed E-state index contributed by atoms with van der Waals surface area (Å²) in [5.41, 5.74) is 12.8. The number of nitrogens with one attached hydrogen (secondary N) is 1. The first-order chi connectivity index (χ1) is 37.2. The normalized spacial score (nSPS) is 33.2. The van der Waals surface area contributed by atoms with Crippen LogP contribution < -0.4 is 39.8 Å². The number of nitrogens with two attached hydrogens (primary N) is 3. The fourth-order valence-electron chi connectivity index (χ4n) is 8.73. The minimum Gasteiger partial charge on any atom is -0.394 e. The van der Waals surface area contributed by atoms with Gasteiger partial charge in [0.15, 0.2) is 36.4 Å². The molecule has 432 valence electrons. The number of nitrogens with zero attached hydrogens (tertiary/aromatic N) is 9. The Hall–Kier alpha value is -5.68. The summed E-state index contributed by atoms with van der Waals surface area (Å²) in [6, 6.07) is 3.18. The van der Waals surface area contributed by atoms with Gasteiger partial charge in [0.2, 0.25) is 0 Å². The van der Waals surface area contributed by atoms with Gasteiger partial charge in [0.25, 0.3) is 5.56 Å². The first kappa shape index (κ1) is 58.0. The molecule has 4 fully saturated rings. The Labute approximate surface area is 437 Å². The molecule has 5 aromatic rings. The van der Waals surface area contributed by atoms with E-state index in [1.807, 2.05) is 4.98 Å². The predicted molar refractivity (Wildman–Crippen MR) is 252 cm³/mol. The van der Waals surface area contributed by atoms with Crippen LogP contribution in [0.4, 0.5) is 17.5 Å². The molecule has 79 heavy (non-hydrogen) atoms. The Bertz CT molecular complexity index is 3440. The molecule has 39 nitrogen and oxygen atoms in total. The fraction of sp³-hybridized carbons (Fsp3) is 0.541. The molecule has 19 atom stereocenters. The summed E-state index contributed by atoms with van der Waals surface area (Å²) < 4.78 is 98.0. The van der Waals surface area contributed by atoms with Gasteiger partial charge in [0, 0.05) is 24.7 Å². The monoisotopic (exact) mass is 1180 g/mol. The number of H-pyrrole nitrogens is 1. The van der Waals surface area contributed by atoms with E-state index in [1.165, 1.54) is 12.1 Å². The standard InChI is InChI=1S/C37H48N13O26P3/c38-17-1-4-47(35(58)44-17)31-22(54)21(53)14(71-31)8-67-77(61,62)75-27-15(72-33(24(27)56)49-6-3-19(52)46-37(49)60)9-69-79(65,66)76-28-16(73-34(25(28)57)50-12-43-20-29(40)41-11-42-30(20)50)10-68-78(63,64)74-26-13(7-51)70-32(23(26)55)48-5-2-18(39)45-36(48)59/h1-6,11-16,21-28,31-34,51,53-57H,7-10H2,(H,61,62)(H,63,64)(H,65,66)(H2,38,44,58)(H2,39,45,59)(H2,40,41,42)(H,46,52,60)/t13-,14-,15-,16-,21-,22-,23-,24-,25-,26-,27-,28-,31-,32-,33-,34-/m1/s1. The zero-order valence-electron chi connectivity index (χ0n) is 39.7. The minimum atomic E-state index is -5.71. The van der Waals surface area contributed by atoms with Crippen molar-refractivity contribution in [3.05, 3.63) is 91.3 Å². The van der Waals surface area contributed by atoms with E-state index in [0.717, 1.165) is 51.0 Å². The van der Waals surface area contributed by atoms with Gasteiger partial charge in [-0.25, -0.2) is 43.0 Å². The number of hydrogen-bond acceptors (Lipinski definition) is 31. The van der Waals surface area contributed by atoms with Crippen LogP contribution in [-0.4, -0.2) is 193 Å². The summed E-state index contributed by atoms with van der Waals surface area (Å²) in [5.74, 6) is -0.502. The van der Waals surface area contributed by atoms with Crippen molar-refractivity contribution < 1.29 is 105 Å². The number of ether oxygens (including phenoxy) is 4. The van der Waals surface area contributed by atoms with E-state index in [9.17, 15) is 78.2 Å². The molecule has 5 aromatic heterocycles. The third-order valence-electron chi connectivity index (χ3n) is 12.5. The van der Waals surface area contributed by atoms with Crippen molar-refractivity contribution in [1.29, 1.82) is 0 Å². The van der Waals surface area contributed by atoms with Crippen LogP contribution in [0.2, 0.25) is 0 Å². The number of phosphoric ester groups is 3. The fourth-order valence-corrected chi connectivity index (χ4v) is 11.6. The average Bonchev–Trinajstić information content (AvgIpc) is 4.37. The summed E-state index contributed by atoms with van der Waals surface area (Å²) in [6.07, 6.45) is -25.0. The van der Waals surface area contributed by atoms with Gasteiger partial charge in [-0.3, -0.25) is 55.2 Å². The van der Waals surface area contributed by atoms with Crippen LogP contribution in [-0.2, 0) is 59.8 Å². The molecular weight excluding hydrogens is 1140 g/mol. The lowest BCUT2D eigenvalue weighted by molar-refractivity contribution is -0.0652. The highest BCUT2D eigenvalue weighted by molar-refractivity contribution is 7.48. The molecule has 0 bridgehead atoms. The van der Waals surface area contributed by atoms with E-state index >= 15 is 0 Å². The van der Waals surface area contributed by atoms with Crippen LogP contribution in [0.1, 0.15) is 24.9 Å². The van der Waals surface area contributed by atoms with E-state index in [-0.39, 0.29) is 28.6 Å². The summed E-state index contributed by atoms with van der Waals surface area (Å²) in [7, 11) is -16.7. The van der Waals surface area contributed by atoms with Gasteiger partial charge >= 0.3 is 40.5 Å². The highest BCUT2D eigenvalue weighted by atomic mass is 31.2. The lowest BCUT2D eigenvalue weighted by atomic mass is 10.1. The van der Waals surface area contributed by atoms with Crippen molar-refractivity contribution in [1.82, 2.24) is 48.2 Å². The second-order valence-electron chi connectivity index (χ2n) is 17.6. The van der Waals surface area contributed by atoms with Crippen LogP contribution in [0.15, 0.2) is 68.6 Å². The van der Waals surface area contributed by atoms with Crippen LogP contribution in [0, 0.1) is 0 Å². The Balaban J connectivity index is 0.919. The molecule has 4 saturated heterocycles.